The zero-order valence-electron chi connectivity index (χ0n) is 17.1. The van der Waals surface area contributed by atoms with Gasteiger partial charge < -0.3 is 4.90 Å². The van der Waals surface area contributed by atoms with Gasteiger partial charge in [-0.15, -0.1) is 0 Å². The van der Waals surface area contributed by atoms with Crippen LogP contribution in [0.5, 0.6) is 0 Å². The summed E-state index contributed by atoms with van der Waals surface area (Å²) in [6.07, 6.45) is 2.45. The van der Waals surface area contributed by atoms with Crippen LogP contribution in [0.3, 0.4) is 0 Å². The van der Waals surface area contributed by atoms with Crippen LogP contribution >= 0.6 is 0 Å². The standard InChI is InChI=1S/C21H23F3N6O/c1-28-10-8-14(26-28)17-5-3-2-4-9-29(17)20(31)16-12-19-25-15(13-6-7-13)11-18(21(22,23)24)30(19)27-16/h8,10-13,17H,2-7,9H2,1H3/t17-/m1/s1. The Hall–Kier alpha value is -2.91. The molecule has 0 radical (unpaired) electrons. The number of hydrogen-bond acceptors (Lipinski definition) is 4. The Labute approximate surface area is 176 Å². The fourth-order valence-corrected chi connectivity index (χ4v) is 4.31. The van der Waals surface area contributed by atoms with Gasteiger partial charge in [-0.1, -0.05) is 12.8 Å². The van der Waals surface area contributed by atoms with E-state index in [4.69, 9.17) is 0 Å². The highest BCUT2D eigenvalue weighted by Gasteiger charge is 2.38. The molecule has 10 heteroatoms. The minimum atomic E-state index is -4.59. The summed E-state index contributed by atoms with van der Waals surface area (Å²) in [6, 6.07) is 4.10. The summed E-state index contributed by atoms with van der Waals surface area (Å²) in [5, 5.41) is 8.52. The number of alkyl halides is 3. The van der Waals surface area contributed by atoms with E-state index in [2.05, 4.69) is 15.2 Å². The Balaban J connectivity index is 1.55. The lowest BCUT2D eigenvalue weighted by molar-refractivity contribution is -0.142. The van der Waals surface area contributed by atoms with E-state index in [1.807, 2.05) is 19.3 Å². The number of halogens is 3. The smallest absolute Gasteiger partial charge is 0.329 e. The third kappa shape index (κ3) is 3.79. The Kier molecular flexibility index (Phi) is 4.75. The maximum atomic E-state index is 13.7. The molecule has 1 aliphatic heterocycles. The van der Waals surface area contributed by atoms with Gasteiger partial charge in [0.05, 0.1) is 11.7 Å². The Bertz CT molecular complexity index is 1130. The Morgan fingerprint density at radius 2 is 1.87 bits per heavy atom. The first-order valence-corrected chi connectivity index (χ1v) is 10.6. The number of rotatable bonds is 3. The van der Waals surface area contributed by atoms with Gasteiger partial charge in [0.25, 0.3) is 5.91 Å². The quantitative estimate of drug-likeness (QED) is 0.625. The van der Waals surface area contributed by atoms with Crippen LogP contribution in [0.15, 0.2) is 24.4 Å². The molecule has 2 aliphatic rings. The lowest BCUT2D eigenvalue weighted by Gasteiger charge is -2.28. The molecule has 0 bridgehead atoms. The number of amides is 1. The van der Waals surface area contributed by atoms with E-state index >= 15 is 0 Å². The van der Waals surface area contributed by atoms with Crippen molar-refractivity contribution in [3.8, 4) is 0 Å². The van der Waals surface area contributed by atoms with Crippen molar-refractivity contribution >= 4 is 11.6 Å². The van der Waals surface area contributed by atoms with Crippen LogP contribution in [0.1, 0.15) is 78.1 Å². The van der Waals surface area contributed by atoms with Gasteiger partial charge in [-0.05, 0) is 37.8 Å². The highest BCUT2D eigenvalue weighted by atomic mass is 19.4. The van der Waals surface area contributed by atoms with E-state index in [9.17, 15) is 18.0 Å². The minimum absolute atomic E-state index is 0.0196. The van der Waals surface area contributed by atoms with Crippen LogP contribution in [-0.4, -0.2) is 41.7 Å². The zero-order chi connectivity index (χ0) is 21.8. The fourth-order valence-electron chi connectivity index (χ4n) is 4.31. The maximum Gasteiger partial charge on any atom is 0.433 e. The zero-order valence-corrected chi connectivity index (χ0v) is 17.1. The van der Waals surface area contributed by atoms with Crippen LogP contribution < -0.4 is 0 Å². The van der Waals surface area contributed by atoms with E-state index in [0.717, 1.165) is 54.8 Å². The first-order valence-electron chi connectivity index (χ1n) is 10.6. The third-order valence-corrected chi connectivity index (χ3v) is 6.04. The number of carbonyl (C=O) groups is 1. The molecule has 4 heterocycles. The van der Waals surface area contributed by atoms with E-state index in [1.54, 1.807) is 9.58 Å². The summed E-state index contributed by atoms with van der Waals surface area (Å²) in [5.74, 6) is -0.330. The molecule has 7 nitrogen and oxygen atoms in total. The summed E-state index contributed by atoms with van der Waals surface area (Å²) in [6.45, 7) is 0.515. The van der Waals surface area contributed by atoms with E-state index in [0.29, 0.717) is 12.2 Å². The third-order valence-electron chi connectivity index (χ3n) is 6.04. The highest BCUT2D eigenvalue weighted by Crippen LogP contribution is 2.41. The second-order valence-corrected chi connectivity index (χ2v) is 8.42. The molecule has 3 aromatic rings. The van der Waals surface area contributed by atoms with E-state index < -0.39 is 11.9 Å². The maximum absolute atomic E-state index is 13.7. The van der Waals surface area contributed by atoms with Crippen molar-refractivity contribution in [2.24, 2.45) is 7.05 Å². The normalized spacial score (nSPS) is 20.3. The SMILES string of the molecule is Cn1ccc([C@H]2CCCCCN2C(=O)c2cc3nc(C4CC4)cc(C(F)(F)F)n3n2)n1. The van der Waals surface area contributed by atoms with Crippen molar-refractivity contribution in [3.05, 3.63) is 47.2 Å². The topological polar surface area (TPSA) is 68.3 Å². The Morgan fingerprint density at radius 3 is 2.55 bits per heavy atom. The van der Waals surface area contributed by atoms with Crippen molar-refractivity contribution in [1.29, 1.82) is 0 Å². The summed E-state index contributed by atoms with van der Waals surface area (Å²) in [5.41, 5.74) is 0.347. The summed E-state index contributed by atoms with van der Waals surface area (Å²) in [7, 11) is 1.82. The first kappa shape index (κ1) is 20.0. The predicted molar refractivity (Wildman–Crippen MR) is 105 cm³/mol. The van der Waals surface area contributed by atoms with Crippen molar-refractivity contribution in [1.82, 2.24) is 29.3 Å². The number of aromatic nitrogens is 5. The molecule has 31 heavy (non-hydrogen) atoms. The average molecular weight is 432 g/mol. The number of nitrogens with zero attached hydrogens (tertiary/aromatic N) is 6. The molecule has 1 amide bonds. The molecule has 2 fully saturated rings. The second kappa shape index (κ2) is 7.35. The van der Waals surface area contributed by atoms with Gasteiger partial charge in [-0.2, -0.15) is 23.4 Å². The monoisotopic (exact) mass is 432 g/mol. The van der Waals surface area contributed by atoms with Gasteiger partial charge in [0.2, 0.25) is 0 Å². The van der Waals surface area contributed by atoms with Gasteiger partial charge in [0.15, 0.2) is 11.3 Å². The van der Waals surface area contributed by atoms with E-state index in [-0.39, 0.29) is 29.2 Å². The van der Waals surface area contributed by atoms with Gasteiger partial charge in [-0.3, -0.25) is 9.48 Å². The van der Waals surface area contributed by atoms with Crippen molar-refractivity contribution in [2.75, 3.05) is 6.54 Å². The number of carbonyl (C=O) groups excluding carboxylic acids is 1. The fraction of sp³-hybridized carbons (Fsp3) is 0.524. The molecule has 1 atom stereocenters. The lowest BCUT2D eigenvalue weighted by atomic mass is 10.1. The van der Waals surface area contributed by atoms with Crippen molar-refractivity contribution < 1.29 is 18.0 Å². The molecule has 1 saturated carbocycles. The van der Waals surface area contributed by atoms with Crippen LogP contribution in [0.25, 0.3) is 5.65 Å². The number of hydrogen-bond donors (Lipinski definition) is 0. The molecular weight excluding hydrogens is 409 g/mol. The largest absolute Gasteiger partial charge is 0.433 e. The molecule has 1 saturated heterocycles. The van der Waals surface area contributed by atoms with Crippen LogP contribution in [0.2, 0.25) is 0 Å². The van der Waals surface area contributed by atoms with E-state index in [1.165, 1.54) is 6.07 Å². The van der Waals surface area contributed by atoms with Crippen LogP contribution in [0.4, 0.5) is 13.2 Å². The molecule has 0 spiro atoms. The van der Waals surface area contributed by atoms with Crippen molar-refractivity contribution in [3.63, 3.8) is 0 Å². The van der Waals surface area contributed by atoms with Gasteiger partial charge in [-0.25, -0.2) is 9.50 Å². The van der Waals surface area contributed by atoms with Crippen molar-refractivity contribution in [2.45, 2.75) is 56.7 Å². The summed E-state index contributed by atoms with van der Waals surface area (Å²) < 4.78 is 43.5. The molecule has 3 aromatic heterocycles. The minimum Gasteiger partial charge on any atom is -0.329 e. The average Bonchev–Trinajstić information content (AvgIpc) is 3.42. The molecule has 0 N–H and O–H groups in total. The molecule has 5 rings (SSSR count). The summed E-state index contributed by atoms with van der Waals surface area (Å²) in [4.78, 5) is 19.5. The number of fused-ring (bicyclic) bond motifs is 1. The molecule has 1 aliphatic carbocycles. The second-order valence-electron chi connectivity index (χ2n) is 8.42. The molecule has 164 valence electrons. The first-order chi connectivity index (χ1) is 14.8. The number of likely N-dealkylation sites (tertiary alicyclic amines) is 1. The van der Waals surface area contributed by atoms with Gasteiger partial charge in [0.1, 0.15) is 5.69 Å². The summed E-state index contributed by atoms with van der Waals surface area (Å²) >= 11 is 0. The van der Waals surface area contributed by atoms with Gasteiger partial charge >= 0.3 is 6.18 Å². The molecule has 0 unspecified atom stereocenters. The van der Waals surface area contributed by atoms with Gasteiger partial charge in [0, 0.05) is 37.5 Å². The highest BCUT2D eigenvalue weighted by molar-refractivity contribution is 5.93. The van der Waals surface area contributed by atoms with Crippen LogP contribution in [-0.2, 0) is 13.2 Å². The molecule has 0 aromatic carbocycles. The molecular formula is C21H23F3N6O. The predicted octanol–water partition coefficient (Wildman–Crippen LogP) is 4.12. The number of aryl methyl sites for hydroxylation is 1. The lowest BCUT2D eigenvalue weighted by Crippen LogP contribution is -2.35. The Morgan fingerprint density at radius 1 is 1.06 bits per heavy atom. The van der Waals surface area contributed by atoms with Crippen LogP contribution in [0, 0.1) is 0 Å².